The van der Waals surface area contributed by atoms with Crippen molar-refractivity contribution in [2.45, 2.75) is 83.0 Å². The number of carbonyl (C=O) groups is 1. The minimum atomic E-state index is -0.261. The number of fused-ring (bicyclic) bond motifs is 2. The van der Waals surface area contributed by atoms with Crippen molar-refractivity contribution in [3.63, 3.8) is 0 Å². The van der Waals surface area contributed by atoms with Gasteiger partial charge in [0.15, 0.2) is 11.5 Å². The van der Waals surface area contributed by atoms with Crippen LogP contribution in [0.3, 0.4) is 0 Å². The lowest BCUT2D eigenvalue weighted by molar-refractivity contribution is 0.148. The highest BCUT2D eigenvalue weighted by atomic mass is 16.5. The Hall–Kier alpha value is -4.78. The number of ether oxygens (including phenoxy) is 1. The Morgan fingerprint density at radius 2 is 1.69 bits per heavy atom. The Labute approximate surface area is 318 Å². The minimum absolute atomic E-state index is 0.147. The van der Waals surface area contributed by atoms with Gasteiger partial charge >= 0.3 is 6.03 Å². The number of benzene rings is 2. The molecule has 8 rings (SSSR count). The van der Waals surface area contributed by atoms with Crippen LogP contribution in [0.5, 0.6) is 5.75 Å². The predicted octanol–water partition coefficient (Wildman–Crippen LogP) is 6.89. The van der Waals surface area contributed by atoms with Gasteiger partial charge in [-0.3, -0.25) is 19.5 Å². The zero-order valence-corrected chi connectivity index (χ0v) is 32.3. The first-order valence-corrected chi connectivity index (χ1v) is 19.6. The lowest BCUT2D eigenvalue weighted by atomic mass is 9.85. The number of rotatable bonds is 8. The molecule has 3 aliphatic rings. The fourth-order valence-corrected chi connectivity index (χ4v) is 8.17. The number of piperazine rings is 1. The molecule has 2 amide bonds. The van der Waals surface area contributed by atoms with Crippen LogP contribution in [-0.2, 0) is 12.0 Å². The van der Waals surface area contributed by atoms with Gasteiger partial charge in [0.25, 0.3) is 0 Å². The van der Waals surface area contributed by atoms with E-state index in [0.717, 1.165) is 98.3 Å². The molecule has 3 aromatic heterocycles. The molecule has 12 heteroatoms. The van der Waals surface area contributed by atoms with Crippen LogP contribution < -0.4 is 15.4 Å². The third-order valence-electron chi connectivity index (χ3n) is 11.4. The van der Waals surface area contributed by atoms with Gasteiger partial charge in [0.1, 0.15) is 17.7 Å². The summed E-state index contributed by atoms with van der Waals surface area (Å²) in [6.45, 7) is 12.6. The van der Waals surface area contributed by atoms with E-state index in [1.54, 1.807) is 0 Å². The molecule has 2 saturated heterocycles. The lowest BCUT2D eigenvalue weighted by Gasteiger charge is -2.32. The Bertz CT molecular complexity index is 2090. The summed E-state index contributed by atoms with van der Waals surface area (Å²) < 4.78 is 10.7. The Balaban J connectivity index is 0.981. The second-order valence-corrected chi connectivity index (χ2v) is 16.4. The molecule has 2 N–H and O–H groups in total. The van der Waals surface area contributed by atoms with Gasteiger partial charge in [-0.05, 0) is 87.3 Å². The quantitative estimate of drug-likeness (QED) is 0.178. The highest BCUT2D eigenvalue weighted by Gasteiger charge is 2.31. The third kappa shape index (κ3) is 7.73. The van der Waals surface area contributed by atoms with E-state index in [-0.39, 0.29) is 29.6 Å². The van der Waals surface area contributed by atoms with Crippen molar-refractivity contribution < 1.29 is 9.53 Å². The number of hydrogen-bond acceptors (Lipinski definition) is 8. The first kappa shape index (κ1) is 36.2. The molecule has 0 bridgehead atoms. The SMILES string of the molecule is CN1CCN(Cc2cccc(-n3nc(C(C)(C)C)cc3NC(=O)N[C@H]3CC[C@@H](Oc4ccc5nnc([C@@H]6CCCCN6C)n5c4)c4ccccc43)c2)CC1. The van der Waals surface area contributed by atoms with Gasteiger partial charge in [0.2, 0.25) is 0 Å². The van der Waals surface area contributed by atoms with Gasteiger partial charge in [-0.2, -0.15) is 5.10 Å². The molecule has 12 nitrogen and oxygen atoms in total. The number of piperidine rings is 1. The number of urea groups is 1. The van der Waals surface area contributed by atoms with Crippen molar-refractivity contribution >= 4 is 17.5 Å². The zero-order valence-electron chi connectivity index (χ0n) is 32.3. The molecule has 284 valence electrons. The van der Waals surface area contributed by atoms with Gasteiger partial charge < -0.3 is 15.0 Å². The average molecular weight is 731 g/mol. The number of amides is 2. The molecule has 54 heavy (non-hydrogen) atoms. The van der Waals surface area contributed by atoms with Gasteiger partial charge in [-0.1, -0.05) is 63.6 Å². The van der Waals surface area contributed by atoms with Crippen LogP contribution in [0.1, 0.15) is 99.3 Å². The van der Waals surface area contributed by atoms with Crippen LogP contribution in [-0.4, -0.2) is 91.9 Å². The topological polar surface area (TPSA) is 108 Å². The molecular weight excluding hydrogens is 677 g/mol. The van der Waals surface area contributed by atoms with Gasteiger partial charge in [0.05, 0.1) is 29.7 Å². The number of nitrogens with one attached hydrogen (secondary N) is 2. The maximum Gasteiger partial charge on any atom is 0.320 e. The molecule has 0 spiro atoms. The maximum atomic E-state index is 13.8. The average Bonchev–Trinajstić information content (AvgIpc) is 3.78. The van der Waals surface area contributed by atoms with E-state index >= 15 is 0 Å². The van der Waals surface area contributed by atoms with Gasteiger partial charge in [-0.25, -0.2) is 9.48 Å². The molecule has 0 unspecified atom stereocenters. The standard InChI is InChI=1S/C42H54N10O2/c1-42(2,3)37-26-39(52(47-37)30-12-10-11-29(25-30)27-50-23-21-48(4)22-24-50)44-41(53)43-34-17-18-36(33-14-7-6-13-32(33)34)54-31-16-19-38-45-46-40(51(38)28-31)35-15-8-9-20-49(35)5/h6-7,10-14,16,19,25-26,28,34-36H,8-9,15,17-18,20-24,27H2,1-5H3,(H2,43,44,53)/t34-,35-,36+/m0/s1. The third-order valence-corrected chi connectivity index (χ3v) is 11.4. The Morgan fingerprint density at radius 3 is 2.48 bits per heavy atom. The minimum Gasteiger partial charge on any atom is -0.484 e. The number of likely N-dealkylation sites (tertiary alicyclic amines) is 1. The largest absolute Gasteiger partial charge is 0.484 e. The molecule has 2 fully saturated rings. The molecule has 1 aliphatic carbocycles. The van der Waals surface area contributed by atoms with Crippen LogP contribution in [0, 0.1) is 0 Å². The number of carbonyl (C=O) groups excluding carboxylic acids is 1. The second-order valence-electron chi connectivity index (χ2n) is 16.4. The van der Waals surface area contributed by atoms with Crippen LogP contribution in [0.25, 0.3) is 11.3 Å². The monoisotopic (exact) mass is 730 g/mol. The molecular formula is C42H54N10O2. The Morgan fingerprint density at radius 1 is 0.870 bits per heavy atom. The van der Waals surface area contributed by atoms with Crippen molar-refractivity contribution in [3.8, 4) is 11.4 Å². The van der Waals surface area contributed by atoms with E-state index in [9.17, 15) is 4.79 Å². The van der Waals surface area contributed by atoms with Crippen LogP contribution >= 0.6 is 0 Å². The van der Waals surface area contributed by atoms with Crippen LogP contribution in [0.15, 0.2) is 72.9 Å². The summed E-state index contributed by atoms with van der Waals surface area (Å²) in [6.07, 6.45) is 6.86. The molecule has 0 saturated carbocycles. The van der Waals surface area contributed by atoms with Gasteiger partial charge in [0, 0.05) is 44.2 Å². The number of pyridine rings is 1. The summed E-state index contributed by atoms with van der Waals surface area (Å²) in [6, 6.07) is 22.6. The summed E-state index contributed by atoms with van der Waals surface area (Å²) in [5.41, 5.74) is 5.85. The number of nitrogens with zero attached hydrogens (tertiary/aromatic N) is 8. The van der Waals surface area contributed by atoms with Crippen molar-refractivity contribution in [2.24, 2.45) is 0 Å². The van der Waals surface area contributed by atoms with Crippen molar-refractivity contribution in [2.75, 3.05) is 52.1 Å². The van der Waals surface area contributed by atoms with Crippen molar-refractivity contribution in [1.29, 1.82) is 0 Å². The van der Waals surface area contributed by atoms with E-state index in [2.05, 4.69) is 111 Å². The molecule has 5 heterocycles. The summed E-state index contributed by atoms with van der Waals surface area (Å²) in [5.74, 6) is 2.38. The lowest BCUT2D eigenvalue weighted by Crippen LogP contribution is -2.43. The molecule has 5 aromatic rings. The van der Waals surface area contributed by atoms with E-state index in [0.29, 0.717) is 5.82 Å². The van der Waals surface area contributed by atoms with Crippen LogP contribution in [0.2, 0.25) is 0 Å². The highest BCUT2D eigenvalue weighted by Crippen LogP contribution is 2.39. The zero-order chi connectivity index (χ0) is 37.4. The molecule has 0 radical (unpaired) electrons. The first-order chi connectivity index (χ1) is 26.1. The molecule has 2 aromatic carbocycles. The number of anilines is 1. The number of hydrogen-bond donors (Lipinski definition) is 2. The van der Waals surface area contributed by atoms with Crippen molar-refractivity contribution in [1.82, 2.24) is 44.4 Å². The fraction of sp³-hybridized carbons (Fsp3) is 0.476. The van der Waals surface area contributed by atoms with E-state index in [1.807, 2.05) is 41.2 Å². The van der Waals surface area contributed by atoms with Gasteiger partial charge in [-0.15, -0.1) is 10.2 Å². The van der Waals surface area contributed by atoms with E-state index < -0.39 is 0 Å². The van der Waals surface area contributed by atoms with Crippen molar-refractivity contribution in [3.05, 3.63) is 101 Å². The normalized spacial score (nSPS) is 21.5. The van der Waals surface area contributed by atoms with E-state index in [1.165, 1.54) is 18.4 Å². The molecule has 2 aliphatic heterocycles. The first-order valence-electron chi connectivity index (χ1n) is 19.6. The summed E-state index contributed by atoms with van der Waals surface area (Å²) in [4.78, 5) is 21.1. The summed E-state index contributed by atoms with van der Waals surface area (Å²) >= 11 is 0. The summed E-state index contributed by atoms with van der Waals surface area (Å²) in [5, 5.41) is 20.5. The fourth-order valence-electron chi connectivity index (χ4n) is 8.17. The van der Waals surface area contributed by atoms with Crippen LogP contribution in [0.4, 0.5) is 10.6 Å². The maximum absolute atomic E-state index is 13.8. The highest BCUT2D eigenvalue weighted by molar-refractivity contribution is 5.89. The predicted molar refractivity (Wildman–Crippen MR) is 211 cm³/mol. The number of likely N-dealkylation sites (N-methyl/N-ethyl adjacent to an activating group) is 1. The summed E-state index contributed by atoms with van der Waals surface area (Å²) in [7, 11) is 4.35. The molecule has 3 atom stereocenters. The second kappa shape index (κ2) is 15.2. The number of aromatic nitrogens is 5. The van der Waals surface area contributed by atoms with E-state index in [4.69, 9.17) is 9.84 Å². The smallest absolute Gasteiger partial charge is 0.320 e. The Kier molecular flexibility index (Phi) is 10.2.